The van der Waals surface area contributed by atoms with Crippen molar-refractivity contribution in [1.29, 1.82) is 0 Å². The summed E-state index contributed by atoms with van der Waals surface area (Å²) in [4.78, 5) is 26.0. The Balaban J connectivity index is 2.12. The number of nitro groups is 1. The van der Waals surface area contributed by atoms with E-state index in [4.69, 9.17) is 11.6 Å². The van der Waals surface area contributed by atoms with E-state index in [2.05, 4.69) is 10.3 Å². The molecular weight excluding hydrogens is 284 g/mol. The van der Waals surface area contributed by atoms with Crippen LogP contribution in [0.4, 0.5) is 11.5 Å². The molecule has 20 heavy (non-hydrogen) atoms. The third-order valence-electron chi connectivity index (χ3n) is 2.63. The first-order chi connectivity index (χ1) is 9.47. The number of carbonyl (C=O) groups is 1. The number of amides is 1. The minimum Gasteiger partial charge on any atom is -0.358 e. The van der Waals surface area contributed by atoms with Crippen LogP contribution in [0.25, 0.3) is 0 Å². The van der Waals surface area contributed by atoms with Gasteiger partial charge in [-0.1, -0.05) is 17.7 Å². The quantitative estimate of drug-likeness (QED) is 0.692. The minimum atomic E-state index is -0.577. The minimum absolute atomic E-state index is 0.186. The van der Waals surface area contributed by atoms with Crippen molar-refractivity contribution in [3.05, 3.63) is 51.4 Å². The Morgan fingerprint density at radius 2 is 2.30 bits per heavy atom. The summed E-state index contributed by atoms with van der Waals surface area (Å²) in [7, 11) is 0. The van der Waals surface area contributed by atoms with Crippen molar-refractivity contribution >= 4 is 29.0 Å². The Morgan fingerprint density at radius 1 is 1.55 bits per heavy atom. The van der Waals surface area contributed by atoms with E-state index in [-0.39, 0.29) is 12.4 Å². The summed E-state index contributed by atoms with van der Waals surface area (Å²) in [6.07, 6.45) is 1.13. The molecule has 1 aromatic carbocycles. The SMILES string of the molecule is Cc1ncc([N+](=O)[O-])n1CC(=O)Nc1cccc(Cl)c1. The molecule has 0 unspecified atom stereocenters. The molecule has 8 heteroatoms. The maximum absolute atomic E-state index is 11.9. The lowest BCUT2D eigenvalue weighted by Gasteiger charge is -2.05. The molecule has 0 aliphatic rings. The number of aryl methyl sites for hydroxylation is 1. The van der Waals surface area contributed by atoms with Gasteiger partial charge in [-0.05, 0) is 23.1 Å². The first-order valence-corrected chi connectivity index (χ1v) is 6.07. The van der Waals surface area contributed by atoms with E-state index in [1.807, 2.05) is 0 Å². The van der Waals surface area contributed by atoms with Gasteiger partial charge in [0.2, 0.25) is 0 Å². The summed E-state index contributed by atoms with van der Waals surface area (Å²) in [5, 5.41) is 13.9. The molecule has 2 rings (SSSR count). The van der Waals surface area contributed by atoms with Crippen molar-refractivity contribution in [2.24, 2.45) is 0 Å². The number of imidazole rings is 1. The third kappa shape index (κ3) is 3.12. The maximum atomic E-state index is 11.9. The number of halogens is 1. The maximum Gasteiger partial charge on any atom is 0.343 e. The van der Waals surface area contributed by atoms with E-state index in [1.54, 1.807) is 31.2 Å². The molecule has 2 aromatic rings. The number of aromatic nitrogens is 2. The largest absolute Gasteiger partial charge is 0.358 e. The van der Waals surface area contributed by atoms with Gasteiger partial charge in [-0.15, -0.1) is 0 Å². The standard InChI is InChI=1S/C12H11ClN4O3/c1-8-14-6-12(17(19)20)16(8)7-11(18)15-10-4-2-3-9(13)5-10/h2-6H,7H2,1H3,(H,15,18). The molecule has 7 nitrogen and oxygen atoms in total. The van der Waals surface area contributed by atoms with E-state index < -0.39 is 10.8 Å². The van der Waals surface area contributed by atoms with Gasteiger partial charge in [0, 0.05) is 17.6 Å². The van der Waals surface area contributed by atoms with Gasteiger partial charge in [0.1, 0.15) is 6.20 Å². The summed E-state index contributed by atoms with van der Waals surface area (Å²) < 4.78 is 1.24. The molecular formula is C12H11ClN4O3. The number of nitrogens with zero attached hydrogens (tertiary/aromatic N) is 3. The molecule has 0 aliphatic carbocycles. The highest BCUT2D eigenvalue weighted by Crippen LogP contribution is 2.16. The van der Waals surface area contributed by atoms with Gasteiger partial charge >= 0.3 is 5.82 Å². The van der Waals surface area contributed by atoms with Crippen LogP contribution in [-0.4, -0.2) is 20.4 Å². The van der Waals surface area contributed by atoms with E-state index in [1.165, 1.54) is 4.57 Å². The fourth-order valence-electron chi connectivity index (χ4n) is 1.71. The molecule has 0 fully saturated rings. The summed E-state index contributed by atoms with van der Waals surface area (Å²) in [5.41, 5.74) is 0.530. The monoisotopic (exact) mass is 294 g/mol. The zero-order chi connectivity index (χ0) is 14.7. The van der Waals surface area contributed by atoms with Gasteiger partial charge in [0.05, 0.1) is 0 Å². The highest BCUT2D eigenvalue weighted by Gasteiger charge is 2.20. The lowest BCUT2D eigenvalue weighted by Crippen LogP contribution is -2.20. The number of hydrogen-bond donors (Lipinski definition) is 1. The molecule has 0 saturated carbocycles. The summed E-state index contributed by atoms with van der Waals surface area (Å²) in [5.74, 6) is -0.210. The predicted molar refractivity (Wildman–Crippen MR) is 73.7 cm³/mol. The van der Waals surface area contributed by atoms with Crippen molar-refractivity contribution in [3.63, 3.8) is 0 Å². The van der Waals surface area contributed by atoms with Crippen LogP contribution in [0, 0.1) is 17.0 Å². The van der Waals surface area contributed by atoms with Crippen LogP contribution in [0.15, 0.2) is 30.5 Å². The number of carbonyl (C=O) groups excluding carboxylic acids is 1. The Bertz CT molecular complexity index is 668. The second-order valence-electron chi connectivity index (χ2n) is 4.07. The van der Waals surface area contributed by atoms with Gasteiger partial charge in [-0.2, -0.15) is 0 Å². The van der Waals surface area contributed by atoms with Gasteiger partial charge in [0.15, 0.2) is 12.4 Å². The van der Waals surface area contributed by atoms with Crippen LogP contribution in [-0.2, 0) is 11.3 Å². The molecule has 0 radical (unpaired) electrons. The number of anilines is 1. The molecule has 0 bridgehead atoms. The second kappa shape index (κ2) is 5.70. The highest BCUT2D eigenvalue weighted by atomic mass is 35.5. The fraction of sp³-hybridized carbons (Fsp3) is 0.167. The zero-order valence-corrected chi connectivity index (χ0v) is 11.3. The Hall–Kier alpha value is -2.41. The Labute approximate surface area is 119 Å². The van der Waals surface area contributed by atoms with Crippen molar-refractivity contribution in [2.75, 3.05) is 5.32 Å². The first-order valence-electron chi connectivity index (χ1n) is 5.69. The fourth-order valence-corrected chi connectivity index (χ4v) is 1.90. The van der Waals surface area contributed by atoms with Crippen LogP contribution < -0.4 is 5.32 Å². The lowest BCUT2D eigenvalue weighted by molar-refractivity contribution is -0.392. The molecule has 0 aliphatic heterocycles. The van der Waals surface area contributed by atoms with Crippen LogP contribution >= 0.6 is 11.6 Å². The topological polar surface area (TPSA) is 90.1 Å². The van der Waals surface area contributed by atoms with E-state index in [0.29, 0.717) is 16.5 Å². The number of nitrogens with one attached hydrogen (secondary N) is 1. The molecule has 0 spiro atoms. The third-order valence-corrected chi connectivity index (χ3v) is 2.87. The molecule has 1 amide bonds. The van der Waals surface area contributed by atoms with E-state index in [0.717, 1.165) is 6.20 Å². The van der Waals surface area contributed by atoms with Crippen LogP contribution in [0.5, 0.6) is 0 Å². The van der Waals surface area contributed by atoms with Crippen molar-refractivity contribution in [3.8, 4) is 0 Å². The number of rotatable bonds is 4. The first kappa shape index (κ1) is 14.0. The second-order valence-corrected chi connectivity index (χ2v) is 4.50. The number of benzene rings is 1. The van der Waals surface area contributed by atoms with E-state index in [9.17, 15) is 14.9 Å². The number of hydrogen-bond acceptors (Lipinski definition) is 4. The summed E-state index contributed by atoms with van der Waals surface area (Å²) in [6, 6.07) is 6.65. The Kier molecular flexibility index (Phi) is 3.99. The van der Waals surface area contributed by atoms with Gasteiger partial charge in [-0.25, -0.2) is 9.55 Å². The predicted octanol–water partition coefficient (Wildman–Crippen LogP) is 2.39. The molecule has 104 valence electrons. The van der Waals surface area contributed by atoms with Crippen LogP contribution in [0.3, 0.4) is 0 Å². The van der Waals surface area contributed by atoms with Gasteiger partial charge in [-0.3, -0.25) is 4.79 Å². The molecule has 0 atom stereocenters. The zero-order valence-electron chi connectivity index (χ0n) is 10.5. The van der Waals surface area contributed by atoms with Gasteiger partial charge in [0.25, 0.3) is 5.91 Å². The van der Waals surface area contributed by atoms with Crippen molar-refractivity contribution < 1.29 is 9.72 Å². The van der Waals surface area contributed by atoms with Crippen LogP contribution in [0.2, 0.25) is 5.02 Å². The molecule has 1 N–H and O–H groups in total. The normalized spacial score (nSPS) is 10.3. The van der Waals surface area contributed by atoms with Crippen molar-refractivity contribution in [1.82, 2.24) is 9.55 Å². The highest BCUT2D eigenvalue weighted by molar-refractivity contribution is 6.30. The summed E-state index contributed by atoms with van der Waals surface area (Å²) in [6.45, 7) is 1.41. The molecule has 1 aromatic heterocycles. The smallest absolute Gasteiger partial charge is 0.343 e. The molecule has 1 heterocycles. The van der Waals surface area contributed by atoms with Crippen molar-refractivity contribution in [2.45, 2.75) is 13.5 Å². The van der Waals surface area contributed by atoms with Gasteiger partial charge < -0.3 is 15.4 Å². The van der Waals surface area contributed by atoms with E-state index >= 15 is 0 Å². The average molecular weight is 295 g/mol. The Morgan fingerprint density at radius 3 is 2.95 bits per heavy atom. The molecule has 0 saturated heterocycles. The van der Waals surface area contributed by atoms with Crippen LogP contribution in [0.1, 0.15) is 5.82 Å². The average Bonchev–Trinajstić information content (AvgIpc) is 2.71. The lowest BCUT2D eigenvalue weighted by atomic mass is 10.3. The summed E-state index contributed by atoms with van der Waals surface area (Å²) >= 11 is 5.81.